The summed E-state index contributed by atoms with van der Waals surface area (Å²) in [6, 6.07) is 18.3. The molecule has 1 aliphatic heterocycles. The quantitative estimate of drug-likeness (QED) is 0.707. The third-order valence-corrected chi connectivity index (χ3v) is 4.73. The summed E-state index contributed by atoms with van der Waals surface area (Å²) in [4.78, 5) is 2.39. The van der Waals surface area contributed by atoms with E-state index in [0.29, 0.717) is 11.0 Å². The molecule has 0 aliphatic carbocycles. The fourth-order valence-corrected chi connectivity index (χ4v) is 3.38. The Kier molecular flexibility index (Phi) is 6.25. The minimum Gasteiger partial charge on any atom is -0.362 e. The van der Waals surface area contributed by atoms with Crippen LogP contribution in [-0.4, -0.2) is 36.7 Å². The molecule has 1 aliphatic rings. The van der Waals surface area contributed by atoms with E-state index in [9.17, 15) is 0 Å². The van der Waals surface area contributed by atoms with Crippen LogP contribution < -0.4 is 16.0 Å². The zero-order chi connectivity index (χ0) is 17.5. The van der Waals surface area contributed by atoms with Crippen molar-refractivity contribution in [1.29, 1.82) is 0 Å². The summed E-state index contributed by atoms with van der Waals surface area (Å²) in [7, 11) is 2.19. The minimum absolute atomic E-state index is 0.677. The van der Waals surface area contributed by atoms with Gasteiger partial charge in [0.1, 0.15) is 0 Å². The van der Waals surface area contributed by atoms with E-state index in [0.717, 1.165) is 30.2 Å². The van der Waals surface area contributed by atoms with Gasteiger partial charge in [-0.25, -0.2) is 0 Å². The molecule has 3 rings (SSSR count). The number of likely N-dealkylation sites (tertiary alicyclic amines) is 1. The molecule has 2 aromatic rings. The third kappa shape index (κ3) is 5.73. The first-order valence-corrected chi connectivity index (χ1v) is 9.25. The van der Waals surface area contributed by atoms with E-state index in [1.54, 1.807) is 0 Å². The van der Waals surface area contributed by atoms with Gasteiger partial charge in [-0.05, 0) is 81.0 Å². The Bertz CT molecular complexity index is 672. The molecule has 25 heavy (non-hydrogen) atoms. The highest BCUT2D eigenvalue weighted by atomic mass is 32.1. The fourth-order valence-electron chi connectivity index (χ4n) is 3.18. The summed E-state index contributed by atoms with van der Waals surface area (Å²) in [5, 5.41) is 10.7. The van der Waals surface area contributed by atoms with Crippen molar-refractivity contribution < 1.29 is 0 Å². The maximum absolute atomic E-state index is 5.42. The Hall–Kier alpha value is -2.11. The van der Waals surface area contributed by atoms with Gasteiger partial charge in [0.15, 0.2) is 5.11 Å². The Morgan fingerprint density at radius 3 is 2.44 bits per heavy atom. The van der Waals surface area contributed by atoms with Crippen LogP contribution in [0, 0.1) is 5.92 Å². The van der Waals surface area contributed by atoms with Crippen LogP contribution in [0.1, 0.15) is 12.8 Å². The summed E-state index contributed by atoms with van der Waals surface area (Å²) in [6.45, 7) is 3.29. The summed E-state index contributed by atoms with van der Waals surface area (Å²) in [5.74, 6) is 0.677. The Labute approximate surface area is 155 Å². The molecule has 0 saturated carbocycles. The predicted molar refractivity (Wildman–Crippen MR) is 111 cm³/mol. The number of hydrogen-bond acceptors (Lipinski definition) is 3. The average Bonchev–Trinajstić information content (AvgIpc) is 2.63. The average molecular weight is 355 g/mol. The van der Waals surface area contributed by atoms with Crippen molar-refractivity contribution >= 4 is 34.4 Å². The van der Waals surface area contributed by atoms with Crippen molar-refractivity contribution in [3.63, 3.8) is 0 Å². The lowest BCUT2D eigenvalue weighted by atomic mass is 9.99. The lowest BCUT2D eigenvalue weighted by Crippen LogP contribution is -2.40. The van der Waals surface area contributed by atoms with E-state index < -0.39 is 0 Å². The SMILES string of the molecule is CN1CCCC(CNC(=S)Nc2ccc(Nc3ccccc3)cc2)C1. The van der Waals surface area contributed by atoms with Gasteiger partial charge in [0, 0.05) is 30.2 Å². The standard InChI is InChI=1S/C20H26N4S/c1-24-13-5-6-16(15-24)14-21-20(25)23-19-11-9-18(10-12-19)22-17-7-3-2-4-8-17/h2-4,7-12,16,22H,5-6,13-15H2,1H3,(H2,21,23,25). The Morgan fingerprint density at radius 2 is 1.72 bits per heavy atom. The monoisotopic (exact) mass is 354 g/mol. The number of rotatable bonds is 5. The lowest BCUT2D eigenvalue weighted by molar-refractivity contribution is 0.211. The smallest absolute Gasteiger partial charge is 0.170 e. The first kappa shape index (κ1) is 17.7. The third-order valence-electron chi connectivity index (χ3n) is 4.48. The first-order valence-electron chi connectivity index (χ1n) is 8.84. The molecule has 1 unspecified atom stereocenters. The van der Waals surface area contributed by atoms with Gasteiger partial charge in [0.2, 0.25) is 0 Å². The topological polar surface area (TPSA) is 39.3 Å². The summed E-state index contributed by atoms with van der Waals surface area (Å²) >= 11 is 5.42. The normalized spacial score (nSPS) is 17.7. The van der Waals surface area contributed by atoms with Crippen molar-refractivity contribution in [3.8, 4) is 0 Å². The summed E-state index contributed by atoms with van der Waals surface area (Å²) < 4.78 is 0. The van der Waals surface area contributed by atoms with Crippen LogP contribution in [0.2, 0.25) is 0 Å². The number of nitrogens with zero attached hydrogens (tertiary/aromatic N) is 1. The second-order valence-corrected chi connectivity index (χ2v) is 7.08. The molecule has 5 heteroatoms. The lowest BCUT2D eigenvalue weighted by Gasteiger charge is -2.30. The van der Waals surface area contributed by atoms with Crippen LogP contribution in [0.25, 0.3) is 0 Å². The highest BCUT2D eigenvalue weighted by Gasteiger charge is 2.16. The molecule has 1 saturated heterocycles. The molecule has 1 fully saturated rings. The van der Waals surface area contributed by atoms with Gasteiger partial charge in [-0.15, -0.1) is 0 Å². The number of para-hydroxylation sites is 1. The van der Waals surface area contributed by atoms with Gasteiger partial charge in [0.05, 0.1) is 0 Å². The minimum atomic E-state index is 0.677. The maximum Gasteiger partial charge on any atom is 0.170 e. The number of hydrogen-bond donors (Lipinski definition) is 3. The molecule has 0 spiro atoms. The zero-order valence-corrected chi connectivity index (χ0v) is 15.5. The van der Waals surface area contributed by atoms with Crippen LogP contribution in [0.3, 0.4) is 0 Å². The van der Waals surface area contributed by atoms with Crippen molar-refractivity contribution in [2.24, 2.45) is 5.92 Å². The fraction of sp³-hybridized carbons (Fsp3) is 0.350. The van der Waals surface area contributed by atoms with Crippen LogP contribution in [0.15, 0.2) is 54.6 Å². The van der Waals surface area contributed by atoms with Crippen LogP contribution in [-0.2, 0) is 0 Å². The van der Waals surface area contributed by atoms with E-state index in [-0.39, 0.29) is 0 Å². The Morgan fingerprint density at radius 1 is 1.04 bits per heavy atom. The predicted octanol–water partition coefficient (Wildman–Crippen LogP) is 4.06. The van der Waals surface area contributed by atoms with Crippen molar-refractivity contribution in [2.45, 2.75) is 12.8 Å². The molecule has 3 N–H and O–H groups in total. The molecule has 1 heterocycles. The van der Waals surface area contributed by atoms with Gasteiger partial charge in [0.25, 0.3) is 0 Å². The number of benzene rings is 2. The second-order valence-electron chi connectivity index (χ2n) is 6.67. The van der Waals surface area contributed by atoms with E-state index in [1.807, 2.05) is 54.6 Å². The number of thiocarbonyl (C=S) groups is 1. The molecule has 0 bridgehead atoms. The van der Waals surface area contributed by atoms with E-state index in [1.165, 1.54) is 19.4 Å². The van der Waals surface area contributed by atoms with Gasteiger partial charge in [-0.2, -0.15) is 0 Å². The molecule has 0 amide bonds. The van der Waals surface area contributed by atoms with Gasteiger partial charge in [-0.1, -0.05) is 18.2 Å². The maximum atomic E-state index is 5.42. The molecule has 4 nitrogen and oxygen atoms in total. The van der Waals surface area contributed by atoms with Gasteiger partial charge >= 0.3 is 0 Å². The van der Waals surface area contributed by atoms with Crippen molar-refractivity contribution in [2.75, 3.05) is 37.3 Å². The summed E-state index contributed by atoms with van der Waals surface area (Å²) in [6.07, 6.45) is 2.55. The second kappa shape index (κ2) is 8.83. The highest BCUT2D eigenvalue weighted by Crippen LogP contribution is 2.19. The first-order chi connectivity index (χ1) is 12.2. The van der Waals surface area contributed by atoms with Crippen LogP contribution in [0.5, 0.6) is 0 Å². The molecule has 2 aromatic carbocycles. The van der Waals surface area contributed by atoms with Crippen LogP contribution in [0.4, 0.5) is 17.1 Å². The number of anilines is 3. The molecule has 132 valence electrons. The molecular formula is C20H26N4S. The van der Waals surface area contributed by atoms with Gasteiger partial charge in [-0.3, -0.25) is 0 Å². The molecule has 0 aromatic heterocycles. The summed E-state index contributed by atoms with van der Waals surface area (Å²) in [5.41, 5.74) is 3.13. The van der Waals surface area contributed by atoms with Crippen LogP contribution >= 0.6 is 12.2 Å². The van der Waals surface area contributed by atoms with Crippen molar-refractivity contribution in [1.82, 2.24) is 10.2 Å². The number of piperidine rings is 1. The van der Waals surface area contributed by atoms with E-state index in [2.05, 4.69) is 27.9 Å². The molecule has 0 radical (unpaired) electrons. The largest absolute Gasteiger partial charge is 0.362 e. The van der Waals surface area contributed by atoms with E-state index in [4.69, 9.17) is 12.2 Å². The zero-order valence-electron chi connectivity index (χ0n) is 14.7. The highest BCUT2D eigenvalue weighted by molar-refractivity contribution is 7.80. The Balaban J connectivity index is 1.45. The number of nitrogens with one attached hydrogen (secondary N) is 3. The molecule has 1 atom stereocenters. The van der Waals surface area contributed by atoms with Gasteiger partial charge < -0.3 is 20.9 Å². The van der Waals surface area contributed by atoms with Crippen molar-refractivity contribution in [3.05, 3.63) is 54.6 Å². The molecular weight excluding hydrogens is 328 g/mol. The van der Waals surface area contributed by atoms with E-state index >= 15 is 0 Å².